The Labute approximate surface area is 69.9 Å². The largest absolute Gasteiger partial charge is 0.314 e. The van der Waals surface area contributed by atoms with Crippen LogP contribution in [0.1, 0.15) is 33.1 Å². The van der Waals surface area contributed by atoms with Gasteiger partial charge in [-0.1, -0.05) is 12.5 Å². The zero-order valence-electron chi connectivity index (χ0n) is 7.69. The molecule has 64 valence electrons. The second kappa shape index (κ2) is 3.91. The maximum absolute atomic E-state index is 3.95. The summed E-state index contributed by atoms with van der Waals surface area (Å²) in [6.45, 7) is 9.33. The summed E-state index contributed by atoms with van der Waals surface area (Å²) in [5, 5.41) is 3.52. The van der Waals surface area contributed by atoms with E-state index >= 15 is 0 Å². The highest BCUT2D eigenvalue weighted by Crippen LogP contribution is 2.34. The Bertz CT molecular complexity index is 136. The van der Waals surface area contributed by atoms with Gasteiger partial charge in [0.2, 0.25) is 0 Å². The molecule has 0 amide bonds. The van der Waals surface area contributed by atoms with E-state index in [0.29, 0.717) is 0 Å². The minimum atomic E-state index is 0.720. The van der Waals surface area contributed by atoms with Crippen molar-refractivity contribution in [3.8, 4) is 0 Å². The second-order valence-electron chi connectivity index (χ2n) is 3.66. The van der Waals surface area contributed by atoms with E-state index in [2.05, 4.69) is 25.7 Å². The molecule has 1 rings (SSSR count). The van der Waals surface area contributed by atoms with Gasteiger partial charge in [-0.15, -0.1) is 6.58 Å². The lowest BCUT2D eigenvalue weighted by atomic mass is 10.0. The topological polar surface area (TPSA) is 12.0 Å². The lowest BCUT2D eigenvalue weighted by molar-refractivity contribution is 0.471. The SMILES string of the molecule is C=C(C)CC(NCC)C1CC1. The normalized spacial score (nSPS) is 19.8. The molecular weight excluding hydrogens is 134 g/mol. The van der Waals surface area contributed by atoms with Crippen molar-refractivity contribution < 1.29 is 0 Å². The fourth-order valence-corrected chi connectivity index (χ4v) is 1.54. The average molecular weight is 153 g/mol. The van der Waals surface area contributed by atoms with Crippen LogP contribution < -0.4 is 5.32 Å². The van der Waals surface area contributed by atoms with Gasteiger partial charge < -0.3 is 5.32 Å². The van der Waals surface area contributed by atoms with E-state index < -0.39 is 0 Å². The minimum absolute atomic E-state index is 0.720. The van der Waals surface area contributed by atoms with Crippen LogP contribution in [0.3, 0.4) is 0 Å². The highest BCUT2D eigenvalue weighted by atomic mass is 14.9. The van der Waals surface area contributed by atoms with Crippen LogP contribution >= 0.6 is 0 Å². The second-order valence-corrected chi connectivity index (χ2v) is 3.66. The lowest BCUT2D eigenvalue weighted by Gasteiger charge is -2.16. The zero-order chi connectivity index (χ0) is 8.27. The molecule has 1 nitrogen and oxygen atoms in total. The fourth-order valence-electron chi connectivity index (χ4n) is 1.54. The standard InChI is InChI=1S/C10H19N/c1-4-11-10(7-8(2)3)9-5-6-9/h9-11H,2,4-7H2,1,3H3. The molecule has 1 unspecified atom stereocenters. The van der Waals surface area contributed by atoms with E-state index in [1.165, 1.54) is 24.8 Å². The third kappa shape index (κ3) is 3.06. The van der Waals surface area contributed by atoms with Crippen molar-refractivity contribution in [3.63, 3.8) is 0 Å². The van der Waals surface area contributed by atoms with Gasteiger partial charge in [0.05, 0.1) is 0 Å². The monoisotopic (exact) mass is 153 g/mol. The van der Waals surface area contributed by atoms with E-state index in [1.807, 2.05) is 0 Å². The van der Waals surface area contributed by atoms with Crippen molar-refractivity contribution in [3.05, 3.63) is 12.2 Å². The molecule has 1 N–H and O–H groups in total. The molecular formula is C10H19N. The quantitative estimate of drug-likeness (QED) is 0.598. The van der Waals surface area contributed by atoms with Gasteiger partial charge in [-0.25, -0.2) is 0 Å². The predicted molar refractivity (Wildman–Crippen MR) is 49.6 cm³/mol. The van der Waals surface area contributed by atoms with Crippen molar-refractivity contribution in [2.45, 2.75) is 39.2 Å². The summed E-state index contributed by atoms with van der Waals surface area (Å²) in [6.07, 6.45) is 4.01. The third-order valence-corrected chi connectivity index (χ3v) is 2.23. The Kier molecular flexibility index (Phi) is 3.13. The summed E-state index contributed by atoms with van der Waals surface area (Å²) in [5.41, 5.74) is 1.31. The molecule has 1 aliphatic rings. The summed E-state index contributed by atoms with van der Waals surface area (Å²) < 4.78 is 0. The van der Waals surface area contributed by atoms with Crippen LogP contribution in [-0.2, 0) is 0 Å². The number of nitrogens with one attached hydrogen (secondary N) is 1. The van der Waals surface area contributed by atoms with Crippen LogP contribution in [0.25, 0.3) is 0 Å². The van der Waals surface area contributed by atoms with Crippen LogP contribution in [0.2, 0.25) is 0 Å². The van der Waals surface area contributed by atoms with Crippen molar-refractivity contribution in [1.29, 1.82) is 0 Å². The van der Waals surface area contributed by atoms with E-state index in [4.69, 9.17) is 0 Å². The highest BCUT2D eigenvalue weighted by molar-refractivity contribution is 4.98. The van der Waals surface area contributed by atoms with Crippen LogP contribution in [0, 0.1) is 5.92 Å². The smallest absolute Gasteiger partial charge is 0.0132 e. The first-order valence-corrected chi connectivity index (χ1v) is 4.61. The van der Waals surface area contributed by atoms with Gasteiger partial charge in [0, 0.05) is 6.04 Å². The molecule has 0 saturated heterocycles. The van der Waals surface area contributed by atoms with Crippen molar-refractivity contribution in [1.82, 2.24) is 5.32 Å². The molecule has 0 radical (unpaired) electrons. The molecule has 0 aromatic heterocycles. The Morgan fingerprint density at radius 1 is 1.64 bits per heavy atom. The van der Waals surface area contributed by atoms with Crippen molar-refractivity contribution >= 4 is 0 Å². The molecule has 1 atom stereocenters. The first-order chi connectivity index (χ1) is 5.24. The van der Waals surface area contributed by atoms with Gasteiger partial charge in [0.15, 0.2) is 0 Å². The summed E-state index contributed by atoms with van der Waals surface area (Å²) in [5.74, 6) is 0.951. The summed E-state index contributed by atoms with van der Waals surface area (Å²) in [7, 11) is 0. The van der Waals surface area contributed by atoms with Gasteiger partial charge in [-0.3, -0.25) is 0 Å². The maximum atomic E-state index is 3.95. The summed E-state index contributed by atoms with van der Waals surface area (Å²) in [4.78, 5) is 0. The van der Waals surface area contributed by atoms with Crippen LogP contribution in [0.4, 0.5) is 0 Å². The van der Waals surface area contributed by atoms with Crippen LogP contribution in [-0.4, -0.2) is 12.6 Å². The van der Waals surface area contributed by atoms with Gasteiger partial charge in [0.25, 0.3) is 0 Å². The van der Waals surface area contributed by atoms with Crippen molar-refractivity contribution in [2.75, 3.05) is 6.54 Å². The minimum Gasteiger partial charge on any atom is -0.314 e. The number of hydrogen-bond donors (Lipinski definition) is 1. The van der Waals surface area contributed by atoms with Gasteiger partial charge in [0.1, 0.15) is 0 Å². The zero-order valence-corrected chi connectivity index (χ0v) is 7.69. The Balaban J connectivity index is 2.26. The Hall–Kier alpha value is -0.300. The maximum Gasteiger partial charge on any atom is 0.0132 e. The van der Waals surface area contributed by atoms with Crippen LogP contribution in [0.5, 0.6) is 0 Å². The fraction of sp³-hybridized carbons (Fsp3) is 0.800. The first kappa shape index (κ1) is 8.79. The lowest BCUT2D eigenvalue weighted by Crippen LogP contribution is -2.30. The molecule has 0 spiro atoms. The highest BCUT2D eigenvalue weighted by Gasteiger charge is 2.29. The van der Waals surface area contributed by atoms with E-state index in [9.17, 15) is 0 Å². The summed E-state index contributed by atoms with van der Waals surface area (Å²) >= 11 is 0. The molecule has 1 fully saturated rings. The Morgan fingerprint density at radius 3 is 2.64 bits per heavy atom. The molecule has 0 aromatic carbocycles. The van der Waals surface area contributed by atoms with Gasteiger partial charge >= 0.3 is 0 Å². The number of rotatable bonds is 5. The molecule has 0 bridgehead atoms. The molecule has 1 aliphatic carbocycles. The molecule has 11 heavy (non-hydrogen) atoms. The molecule has 0 heterocycles. The summed E-state index contributed by atoms with van der Waals surface area (Å²) in [6, 6.07) is 0.720. The Morgan fingerprint density at radius 2 is 2.27 bits per heavy atom. The first-order valence-electron chi connectivity index (χ1n) is 4.61. The number of hydrogen-bond acceptors (Lipinski definition) is 1. The van der Waals surface area contributed by atoms with Crippen molar-refractivity contribution in [2.24, 2.45) is 5.92 Å². The van der Waals surface area contributed by atoms with E-state index in [1.54, 1.807) is 0 Å². The van der Waals surface area contributed by atoms with E-state index in [-0.39, 0.29) is 0 Å². The van der Waals surface area contributed by atoms with Gasteiger partial charge in [-0.2, -0.15) is 0 Å². The van der Waals surface area contributed by atoms with Crippen LogP contribution in [0.15, 0.2) is 12.2 Å². The van der Waals surface area contributed by atoms with Gasteiger partial charge in [-0.05, 0) is 38.6 Å². The molecule has 1 heteroatoms. The molecule has 0 aliphatic heterocycles. The third-order valence-electron chi connectivity index (χ3n) is 2.23. The molecule has 1 saturated carbocycles. The predicted octanol–water partition coefficient (Wildman–Crippen LogP) is 2.34. The van der Waals surface area contributed by atoms with E-state index in [0.717, 1.165) is 18.5 Å². The molecule has 0 aromatic rings. The average Bonchev–Trinajstić information content (AvgIpc) is 2.66.